The number of alkyl halides is 3. The zero-order valence-electron chi connectivity index (χ0n) is 15.7. The third-order valence-electron chi connectivity index (χ3n) is 5.11. The molecule has 0 spiro atoms. The van der Waals surface area contributed by atoms with Gasteiger partial charge in [-0.25, -0.2) is 4.98 Å². The minimum absolute atomic E-state index is 0.129. The van der Waals surface area contributed by atoms with Gasteiger partial charge < -0.3 is 10.4 Å². The van der Waals surface area contributed by atoms with Crippen LogP contribution in [0.1, 0.15) is 36.9 Å². The number of aromatic amines is 1. The smallest absolute Gasteiger partial charge is 0.433 e. The zero-order valence-corrected chi connectivity index (χ0v) is 16.5. The first-order chi connectivity index (χ1) is 14.3. The molecule has 2 aromatic heterocycles. The van der Waals surface area contributed by atoms with E-state index in [1.54, 1.807) is 6.07 Å². The molecule has 2 atom stereocenters. The lowest BCUT2D eigenvalue weighted by atomic mass is 9.91. The van der Waals surface area contributed by atoms with Gasteiger partial charge in [-0.05, 0) is 55.8 Å². The van der Waals surface area contributed by atoms with E-state index in [4.69, 9.17) is 11.6 Å². The number of nitrogens with zero attached hydrogens (tertiary/aromatic N) is 3. The standard InChI is InChI=1S/C20H19ClF3N5O/c21-12-4-5-16-15(6-12)17(8-18(29-16)20(22,23)24)27-13-2-1-3-14(7-13)28-19(30)11-9-25-26-10-11/h4-6,8-10,13-14H,1-3,7H2,(H,25,26)(H,27,29)(H,28,30)/p-1/t13-,14?/m0/s1. The summed E-state index contributed by atoms with van der Waals surface area (Å²) >= 11 is 6.05. The van der Waals surface area contributed by atoms with E-state index in [9.17, 15) is 18.3 Å². The molecule has 2 heterocycles. The first kappa shape index (κ1) is 20.5. The van der Waals surface area contributed by atoms with Crippen LogP contribution in [0.15, 0.2) is 41.7 Å². The number of rotatable bonds is 4. The number of hydrogen-bond acceptors (Lipinski definition) is 5. The van der Waals surface area contributed by atoms with Gasteiger partial charge in [0, 0.05) is 33.9 Å². The van der Waals surface area contributed by atoms with E-state index >= 15 is 0 Å². The van der Waals surface area contributed by atoms with Crippen molar-refractivity contribution in [3.8, 4) is 0 Å². The summed E-state index contributed by atoms with van der Waals surface area (Å²) in [6, 6.07) is 5.25. The molecule has 0 bridgehead atoms. The number of nitrogens with one attached hydrogen (secondary N) is 2. The van der Waals surface area contributed by atoms with E-state index < -0.39 is 11.9 Å². The second-order valence-electron chi connectivity index (χ2n) is 7.30. The van der Waals surface area contributed by atoms with Crippen molar-refractivity contribution in [3.05, 3.63) is 52.9 Å². The fraction of sp³-hybridized carbons (Fsp3) is 0.350. The predicted octanol–water partition coefficient (Wildman–Crippen LogP) is 4.16. The lowest BCUT2D eigenvalue weighted by Gasteiger charge is -2.30. The fourth-order valence-corrected chi connectivity index (χ4v) is 3.88. The molecule has 1 fully saturated rings. The van der Waals surface area contributed by atoms with Gasteiger partial charge in [-0.15, -0.1) is 0 Å². The number of H-pyrrole nitrogens is 1. The molecule has 1 aliphatic rings. The van der Waals surface area contributed by atoms with Crippen molar-refractivity contribution in [2.75, 3.05) is 5.32 Å². The molecule has 1 aliphatic carbocycles. The number of fused-ring (bicyclic) bond motifs is 1. The van der Waals surface area contributed by atoms with E-state index in [2.05, 4.69) is 25.5 Å². The Labute approximate surface area is 175 Å². The average Bonchev–Trinajstić information content (AvgIpc) is 3.23. The summed E-state index contributed by atoms with van der Waals surface area (Å²) in [6.45, 7) is 0. The third kappa shape index (κ3) is 4.51. The van der Waals surface area contributed by atoms with Crippen LogP contribution in [-0.2, 0) is 6.18 Å². The van der Waals surface area contributed by atoms with E-state index in [1.165, 1.54) is 24.5 Å². The maximum atomic E-state index is 13.3. The van der Waals surface area contributed by atoms with Crippen LogP contribution in [0.5, 0.6) is 0 Å². The van der Waals surface area contributed by atoms with Crippen molar-refractivity contribution in [1.29, 1.82) is 0 Å². The maximum absolute atomic E-state index is 13.3. The van der Waals surface area contributed by atoms with Gasteiger partial charge in [-0.2, -0.15) is 18.3 Å². The van der Waals surface area contributed by atoms with E-state index in [-0.39, 0.29) is 23.5 Å². The van der Waals surface area contributed by atoms with Crippen molar-refractivity contribution in [2.24, 2.45) is 4.99 Å². The topological polar surface area (TPSA) is 89.0 Å². The SMILES string of the molecule is [O-]C(=NC1CCC[C@H](Nc2cc(C(F)(F)F)nc3ccc(Cl)cc23)C1)c1cn[nH]c1. The average molecular weight is 437 g/mol. The predicted molar refractivity (Wildman–Crippen MR) is 107 cm³/mol. The molecular weight excluding hydrogens is 419 g/mol. The number of benzene rings is 1. The van der Waals surface area contributed by atoms with Crippen LogP contribution in [0.3, 0.4) is 0 Å². The number of aromatic nitrogens is 3. The lowest BCUT2D eigenvalue weighted by molar-refractivity contribution is -0.213. The van der Waals surface area contributed by atoms with Crippen molar-refractivity contribution in [3.63, 3.8) is 0 Å². The Morgan fingerprint density at radius 2 is 2.10 bits per heavy atom. The summed E-state index contributed by atoms with van der Waals surface area (Å²) < 4.78 is 40.0. The molecule has 0 aliphatic heterocycles. The van der Waals surface area contributed by atoms with Gasteiger partial charge in [-0.3, -0.25) is 10.1 Å². The van der Waals surface area contributed by atoms with Crippen molar-refractivity contribution < 1.29 is 18.3 Å². The molecule has 30 heavy (non-hydrogen) atoms. The van der Waals surface area contributed by atoms with Gasteiger partial charge in [0.05, 0.1) is 17.8 Å². The summed E-state index contributed by atoms with van der Waals surface area (Å²) in [5.41, 5.74) is -0.0489. The van der Waals surface area contributed by atoms with Crippen LogP contribution >= 0.6 is 11.6 Å². The van der Waals surface area contributed by atoms with Crippen LogP contribution in [0.2, 0.25) is 5.02 Å². The number of aliphatic imine (C=N–C) groups is 1. The number of pyridine rings is 1. The highest BCUT2D eigenvalue weighted by Gasteiger charge is 2.34. The molecule has 1 aromatic carbocycles. The molecule has 2 N–H and O–H groups in total. The molecule has 3 aromatic rings. The molecule has 1 saturated carbocycles. The highest BCUT2D eigenvalue weighted by molar-refractivity contribution is 6.31. The molecule has 0 saturated heterocycles. The summed E-state index contributed by atoms with van der Waals surface area (Å²) in [5.74, 6) is -0.352. The van der Waals surface area contributed by atoms with Gasteiger partial charge in [0.15, 0.2) is 0 Å². The van der Waals surface area contributed by atoms with Crippen LogP contribution < -0.4 is 10.4 Å². The molecule has 158 valence electrons. The van der Waals surface area contributed by atoms with E-state index in [1.807, 2.05) is 0 Å². The number of hydrogen-bond donors (Lipinski definition) is 2. The van der Waals surface area contributed by atoms with Crippen LogP contribution in [0, 0.1) is 0 Å². The van der Waals surface area contributed by atoms with Crippen LogP contribution in [0.4, 0.5) is 18.9 Å². The summed E-state index contributed by atoms with van der Waals surface area (Å²) in [7, 11) is 0. The number of anilines is 1. The van der Waals surface area contributed by atoms with E-state index in [0.717, 1.165) is 25.3 Å². The Morgan fingerprint density at radius 1 is 1.27 bits per heavy atom. The molecular formula is C20H18ClF3N5O-. The third-order valence-corrected chi connectivity index (χ3v) is 5.35. The van der Waals surface area contributed by atoms with Crippen molar-refractivity contribution >= 4 is 34.1 Å². The lowest BCUT2D eigenvalue weighted by Crippen LogP contribution is -2.31. The molecule has 0 radical (unpaired) electrons. The first-order valence-corrected chi connectivity index (χ1v) is 9.85. The fourth-order valence-electron chi connectivity index (χ4n) is 3.70. The Balaban J connectivity index is 1.60. The zero-order chi connectivity index (χ0) is 21.3. The molecule has 0 amide bonds. The second kappa shape index (κ2) is 8.14. The Hall–Kier alpha value is -2.81. The molecule has 1 unspecified atom stereocenters. The summed E-state index contributed by atoms with van der Waals surface area (Å²) in [4.78, 5) is 7.98. The minimum Gasteiger partial charge on any atom is -0.858 e. The number of halogens is 4. The Bertz CT molecular complexity index is 1070. The molecule has 10 heteroatoms. The van der Waals surface area contributed by atoms with Gasteiger partial charge in [0.1, 0.15) is 5.69 Å². The quantitative estimate of drug-likeness (QED) is 0.474. The Kier molecular flexibility index (Phi) is 5.55. The Morgan fingerprint density at radius 3 is 2.83 bits per heavy atom. The normalized spacial score (nSPS) is 20.5. The largest absolute Gasteiger partial charge is 0.858 e. The first-order valence-electron chi connectivity index (χ1n) is 9.47. The summed E-state index contributed by atoms with van der Waals surface area (Å²) in [5, 5.41) is 22.7. The van der Waals surface area contributed by atoms with Gasteiger partial charge in [0.2, 0.25) is 0 Å². The van der Waals surface area contributed by atoms with Crippen LogP contribution in [0.25, 0.3) is 10.9 Å². The van der Waals surface area contributed by atoms with Crippen molar-refractivity contribution in [2.45, 2.75) is 43.9 Å². The van der Waals surface area contributed by atoms with Gasteiger partial charge in [-0.1, -0.05) is 11.6 Å². The monoisotopic (exact) mass is 436 g/mol. The van der Waals surface area contributed by atoms with Gasteiger partial charge >= 0.3 is 6.18 Å². The van der Waals surface area contributed by atoms with E-state index in [0.29, 0.717) is 28.1 Å². The minimum atomic E-state index is -4.56. The second-order valence-corrected chi connectivity index (χ2v) is 7.73. The highest BCUT2D eigenvalue weighted by Crippen LogP contribution is 2.35. The summed E-state index contributed by atoms with van der Waals surface area (Å²) in [6.07, 6.45) is 1.18. The molecule has 4 rings (SSSR count). The maximum Gasteiger partial charge on any atom is 0.433 e. The van der Waals surface area contributed by atoms with Crippen LogP contribution in [-0.4, -0.2) is 33.2 Å². The molecule has 6 nitrogen and oxygen atoms in total. The highest BCUT2D eigenvalue weighted by atomic mass is 35.5. The van der Waals surface area contributed by atoms with Gasteiger partial charge in [0.25, 0.3) is 0 Å². The van der Waals surface area contributed by atoms with Crippen molar-refractivity contribution in [1.82, 2.24) is 15.2 Å².